The normalized spacial score (nSPS) is 11.0. The maximum absolute atomic E-state index is 11.1. The maximum atomic E-state index is 11.1. The molecule has 0 amide bonds. The summed E-state index contributed by atoms with van der Waals surface area (Å²) in [7, 11) is 0. The monoisotopic (exact) mass is 167 g/mol. The lowest BCUT2D eigenvalue weighted by atomic mass is 10.6. The Kier molecular flexibility index (Phi) is 2.49. The van der Waals surface area contributed by atoms with Crippen LogP contribution in [0.2, 0.25) is 0 Å². The average molecular weight is 167 g/mol. The van der Waals surface area contributed by atoms with E-state index in [1.54, 1.807) is 0 Å². The standard InChI is InChI=1S/C2F6N2/c3-2(4,5)1(9-6)10(7)8/p+1. The fraction of sp³-hybridized carbons (Fsp3) is 0.500. The predicted octanol–water partition coefficient (Wildman–Crippen LogP) is 1.20. The Morgan fingerprint density at radius 3 is 1.60 bits per heavy atom. The SMILES string of the molecule is FNC(=[N+](F)F)C(F)(F)F. The van der Waals surface area contributed by atoms with Gasteiger partial charge in [0.05, 0.1) is 0 Å². The molecule has 0 aromatic rings. The minimum absolute atomic E-state index is 0.191. The molecule has 0 aromatic carbocycles. The topological polar surface area (TPSA) is 15.0 Å². The van der Waals surface area contributed by atoms with Gasteiger partial charge in [0.25, 0.3) is 0 Å². The Balaban J connectivity index is 4.55. The zero-order valence-corrected chi connectivity index (χ0v) is 4.22. The Labute approximate surface area is 50.6 Å². The molecule has 0 unspecified atom stereocenters. The zero-order chi connectivity index (χ0) is 8.36. The molecule has 10 heavy (non-hydrogen) atoms. The third kappa shape index (κ3) is 2.11. The second-order valence-corrected chi connectivity index (χ2v) is 1.17. The third-order valence-electron chi connectivity index (χ3n) is 0.527. The number of halogens is 6. The summed E-state index contributed by atoms with van der Waals surface area (Å²) in [4.78, 5) is 0. The van der Waals surface area contributed by atoms with E-state index >= 15 is 0 Å². The summed E-state index contributed by atoms with van der Waals surface area (Å²) in [6, 6.07) is 0. The van der Waals surface area contributed by atoms with Crippen molar-refractivity contribution in [1.29, 1.82) is 0 Å². The third-order valence-corrected chi connectivity index (χ3v) is 0.527. The van der Waals surface area contributed by atoms with Gasteiger partial charge in [-0.2, -0.15) is 13.2 Å². The highest BCUT2D eigenvalue weighted by Gasteiger charge is 2.48. The fourth-order valence-electron chi connectivity index (χ4n) is 0.181. The summed E-state index contributed by atoms with van der Waals surface area (Å²) in [5.74, 6) is -2.74. The smallest absolute Gasteiger partial charge is 0.159 e. The lowest BCUT2D eigenvalue weighted by Gasteiger charge is -1.96. The molecule has 8 heteroatoms. The Morgan fingerprint density at radius 1 is 1.20 bits per heavy atom. The van der Waals surface area contributed by atoms with Crippen molar-refractivity contribution in [3.8, 4) is 0 Å². The van der Waals surface area contributed by atoms with E-state index in [1.807, 2.05) is 0 Å². The molecule has 0 bridgehead atoms. The molecule has 0 aliphatic carbocycles. The van der Waals surface area contributed by atoms with E-state index in [2.05, 4.69) is 0 Å². The molecular formula is C2HF6N2+. The minimum Gasteiger partial charge on any atom is -0.159 e. The molecule has 0 heterocycles. The highest BCUT2D eigenvalue weighted by Crippen LogP contribution is 2.15. The first kappa shape index (κ1) is 9.05. The predicted molar refractivity (Wildman–Crippen MR) is 17.8 cm³/mol. The number of nitrogens with one attached hydrogen (secondary N) is 1. The summed E-state index contributed by atoms with van der Waals surface area (Å²) in [5, 5.41) is -2.39. The molecule has 0 saturated heterocycles. The largest absolute Gasteiger partial charge is 0.504 e. The van der Waals surface area contributed by atoms with Gasteiger partial charge in [-0.1, -0.05) is 5.54 Å². The highest BCUT2D eigenvalue weighted by atomic mass is 19.4. The molecule has 0 aromatic heterocycles. The number of amidine groups is 1. The van der Waals surface area contributed by atoms with Crippen LogP contribution >= 0.6 is 0 Å². The molecule has 2 nitrogen and oxygen atoms in total. The molecule has 0 radical (unpaired) electrons. The van der Waals surface area contributed by atoms with Gasteiger partial charge in [0.2, 0.25) is 0 Å². The molecule has 0 aliphatic heterocycles. The van der Waals surface area contributed by atoms with Crippen LogP contribution < -0.4 is 5.54 Å². The van der Waals surface area contributed by atoms with Crippen LogP contribution in [0.5, 0.6) is 0 Å². The Morgan fingerprint density at radius 2 is 1.60 bits per heavy atom. The van der Waals surface area contributed by atoms with Crippen LogP contribution in [0.1, 0.15) is 0 Å². The molecule has 0 saturated carbocycles. The van der Waals surface area contributed by atoms with Crippen LogP contribution in [-0.4, -0.2) is 17.0 Å². The highest BCUT2D eigenvalue weighted by molar-refractivity contribution is 5.81. The molecule has 0 aliphatic rings. The van der Waals surface area contributed by atoms with Gasteiger partial charge >= 0.3 is 12.0 Å². The number of hydrogen-bond acceptors (Lipinski definition) is 0. The molecule has 60 valence electrons. The van der Waals surface area contributed by atoms with Gasteiger partial charge in [-0.3, -0.25) is 0 Å². The fourth-order valence-corrected chi connectivity index (χ4v) is 0.181. The molecular weight excluding hydrogens is 166 g/mol. The van der Waals surface area contributed by atoms with Gasteiger partial charge in [0.1, 0.15) is 5.02 Å². The van der Waals surface area contributed by atoms with Crippen molar-refractivity contribution in [2.24, 2.45) is 0 Å². The van der Waals surface area contributed by atoms with Crippen LogP contribution in [0, 0.1) is 0 Å². The lowest BCUT2D eigenvalue weighted by Crippen LogP contribution is -2.36. The minimum atomic E-state index is -5.40. The van der Waals surface area contributed by atoms with Crippen LogP contribution in [0.4, 0.5) is 26.6 Å². The van der Waals surface area contributed by atoms with Crippen molar-refractivity contribution < 1.29 is 31.6 Å². The number of hydrogen-bond donors (Lipinski definition) is 1. The van der Waals surface area contributed by atoms with Gasteiger partial charge in [0, 0.05) is 8.96 Å². The maximum Gasteiger partial charge on any atom is 0.504 e. The van der Waals surface area contributed by atoms with Crippen LogP contribution in [0.15, 0.2) is 0 Å². The second-order valence-electron chi connectivity index (χ2n) is 1.17. The number of alkyl halides is 3. The van der Waals surface area contributed by atoms with Gasteiger partial charge in [0.15, 0.2) is 0 Å². The summed E-state index contributed by atoms with van der Waals surface area (Å²) in [6.07, 6.45) is -5.40. The van der Waals surface area contributed by atoms with Crippen molar-refractivity contribution in [1.82, 2.24) is 5.54 Å². The molecule has 0 spiro atoms. The summed E-state index contributed by atoms with van der Waals surface area (Å²) in [6.45, 7) is 0. The first-order chi connectivity index (χ1) is 4.39. The van der Waals surface area contributed by atoms with Crippen LogP contribution in [-0.2, 0) is 0 Å². The van der Waals surface area contributed by atoms with E-state index in [-0.39, 0.29) is 5.54 Å². The van der Waals surface area contributed by atoms with Crippen molar-refractivity contribution in [3.63, 3.8) is 0 Å². The van der Waals surface area contributed by atoms with Crippen molar-refractivity contribution >= 4 is 5.84 Å². The van der Waals surface area contributed by atoms with E-state index in [0.717, 1.165) is 0 Å². The summed E-state index contributed by atoms with van der Waals surface area (Å²) >= 11 is 0. The zero-order valence-electron chi connectivity index (χ0n) is 4.22. The summed E-state index contributed by atoms with van der Waals surface area (Å²) < 4.78 is 66.1. The van der Waals surface area contributed by atoms with Crippen LogP contribution in [0.3, 0.4) is 0 Å². The number of rotatable bonds is 0. The first-order valence-electron chi connectivity index (χ1n) is 1.82. The van der Waals surface area contributed by atoms with E-state index in [9.17, 15) is 26.6 Å². The molecule has 0 rings (SSSR count). The van der Waals surface area contributed by atoms with E-state index in [4.69, 9.17) is 0 Å². The average Bonchev–Trinajstić information content (AvgIpc) is 1.60. The number of nitrogens with zero attached hydrogens (tertiary/aromatic N) is 1. The quantitative estimate of drug-likeness (QED) is 0.248. The first-order valence-corrected chi connectivity index (χ1v) is 1.82. The van der Waals surface area contributed by atoms with Gasteiger partial charge in [-0.05, 0) is 4.48 Å². The molecule has 0 atom stereocenters. The van der Waals surface area contributed by atoms with E-state index < -0.39 is 17.0 Å². The lowest BCUT2D eigenvalue weighted by molar-refractivity contribution is -0.857. The molecule has 0 fully saturated rings. The van der Waals surface area contributed by atoms with Gasteiger partial charge < -0.3 is 0 Å². The molecule has 1 N–H and O–H groups in total. The second kappa shape index (κ2) is 2.76. The Hall–Kier alpha value is -0.950. The summed E-state index contributed by atoms with van der Waals surface area (Å²) in [5.41, 5.74) is -0.191. The van der Waals surface area contributed by atoms with E-state index in [0.29, 0.717) is 0 Å². The van der Waals surface area contributed by atoms with Gasteiger partial charge in [-0.15, -0.1) is 0 Å². The van der Waals surface area contributed by atoms with Crippen LogP contribution in [0.25, 0.3) is 0 Å². The van der Waals surface area contributed by atoms with Crippen molar-refractivity contribution in [2.45, 2.75) is 6.18 Å². The van der Waals surface area contributed by atoms with Crippen molar-refractivity contribution in [3.05, 3.63) is 0 Å². The Bertz CT molecular complexity index is 142. The van der Waals surface area contributed by atoms with E-state index in [1.165, 1.54) is 0 Å². The van der Waals surface area contributed by atoms with Gasteiger partial charge in [-0.25, -0.2) is 0 Å². The van der Waals surface area contributed by atoms with Crippen molar-refractivity contribution in [2.75, 3.05) is 0 Å².